The summed E-state index contributed by atoms with van der Waals surface area (Å²) >= 11 is 0. The highest BCUT2D eigenvalue weighted by atomic mass is 16.5. The van der Waals surface area contributed by atoms with Gasteiger partial charge in [0.05, 0.1) is 11.1 Å². The van der Waals surface area contributed by atoms with Crippen molar-refractivity contribution in [3.05, 3.63) is 52.8 Å². The number of nitrogens with one attached hydrogen (secondary N) is 1. The molecule has 0 spiro atoms. The third-order valence-electron chi connectivity index (χ3n) is 5.32. The molecule has 0 bridgehead atoms. The monoisotopic (exact) mass is 355 g/mol. The molecule has 0 saturated carbocycles. The highest BCUT2D eigenvalue weighted by Crippen LogP contribution is 2.35. The Balaban J connectivity index is 1.62. The molecule has 140 valence electrons. The quantitative estimate of drug-likeness (QED) is 0.810. The van der Waals surface area contributed by atoms with E-state index >= 15 is 0 Å². The number of rotatable bonds is 6. The third kappa shape index (κ3) is 3.98. The van der Waals surface area contributed by atoms with Crippen LogP contribution in [0.15, 0.2) is 30.3 Å². The van der Waals surface area contributed by atoms with Gasteiger partial charge in [-0.05, 0) is 51.7 Å². The minimum atomic E-state index is -0.468. The smallest absolute Gasteiger partial charge is 0.230 e. The van der Waals surface area contributed by atoms with Crippen molar-refractivity contribution in [2.75, 3.05) is 19.8 Å². The van der Waals surface area contributed by atoms with E-state index in [4.69, 9.17) is 4.74 Å². The van der Waals surface area contributed by atoms with Gasteiger partial charge < -0.3 is 10.1 Å². The first kappa shape index (κ1) is 18.6. The van der Waals surface area contributed by atoms with Crippen LogP contribution in [-0.2, 0) is 21.5 Å². The number of benzene rings is 1. The minimum absolute atomic E-state index is 0.123. The number of amides is 1. The number of aromatic nitrogens is 2. The van der Waals surface area contributed by atoms with Gasteiger partial charge in [0.25, 0.3) is 0 Å². The van der Waals surface area contributed by atoms with Gasteiger partial charge in [-0.1, -0.05) is 29.8 Å². The molecule has 2 aromatic rings. The molecular formula is C21H29N3O2. The van der Waals surface area contributed by atoms with Gasteiger partial charge in [0.2, 0.25) is 5.91 Å². The van der Waals surface area contributed by atoms with E-state index in [2.05, 4.69) is 54.6 Å². The second kappa shape index (κ2) is 8.04. The Morgan fingerprint density at radius 2 is 1.88 bits per heavy atom. The summed E-state index contributed by atoms with van der Waals surface area (Å²) in [7, 11) is 0. The van der Waals surface area contributed by atoms with Gasteiger partial charge in [-0.3, -0.25) is 9.48 Å². The summed E-state index contributed by atoms with van der Waals surface area (Å²) in [4.78, 5) is 13.1. The molecule has 0 unspecified atom stereocenters. The molecule has 2 heterocycles. The van der Waals surface area contributed by atoms with Crippen LogP contribution in [0.25, 0.3) is 0 Å². The first-order valence-corrected chi connectivity index (χ1v) is 9.45. The average molecular weight is 355 g/mol. The van der Waals surface area contributed by atoms with Crippen LogP contribution >= 0.6 is 0 Å². The third-order valence-corrected chi connectivity index (χ3v) is 5.32. The van der Waals surface area contributed by atoms with Crippen molar-refractivity contribution in [3.8, 4) is 0 Å². The topological polar surface area (TPSA) is 56.2 Å². The number of nitrogens with zero attached hydrogens (tertiary/aromatic N) is 2. The van der Waals surface area contributed by atoms with Gasteiger partial charge in [0.15, 0.2) is 0 Å². The summed E-state index contributed by atoms with van der Waals surface area (Å²) in [5.74, 6) is 0.123. The lowest BCUT2D eigenvalue weighted by Crippen LogP contribution is -2.48. The van der Waals surface area contributed by atoms with Gasteiger partial charge in [0.1, 0.15) is 0 Å². The van der Waals surface area contributed by atoms with Crippen LogP contribution in [0.2, 0.25) is 0 Å². The Kier molecular flexibility index (Phi) is 5.77. The molecule has 26 heavy (non-hydrogen) atoms. The van der Waals surface area contributed by atoms with Crippen molar-refractivity contribution >= 4 is 5.91 Å². The molecule has 5 nitrogen and oxygen atoms in total. The maximum absolute atomic E-state index is 13.1. The van der Waals surface area contributed by atoms with Crippen molar-refractivity contribution < 1.29 is 9.53 Å². The van der Waals surface area contributed by atoms with E-state index in [1.807, 2.05) is 11.6 Å². The lowest BCUT2D eigenvalue weighted by atomic mass is 9.73. The van der Waals surface area contributed by atoms with Crippen LogP contribution < -0.4 is 5.32 Å². The number of carbonyl (C=O) groups is 1. The zero-order valence-corrected chi connectivity index (χ0v) is 16.0. The zero-order chi connectivity index (χ0) is 18.6. The zero-order valence-electron chi connectivity index (χ0n) is 16.0. The predicted molar refractivity (Wildman–Crippen MR) is 102 cm³/mol. The number of hydrogen-bond donors (Lipinski definition) is 1. The summed E-state index contributed by atoms with van der Waals surface area (Å²) in [5, 5.41) is 7.64. The van der Waals surface area contributed by atoms with E-state index in [1.54, 1.807) is 0 Å². The number of carbonyl (C=O) groups excluding carboxylic acids is 1. The average Bonchev–Trinajstić information content (AvgIpc) is 2.97. The molecule has 1 fully saturated rings. The first-order chi connectivity index (χ1) is 12.5. The second-order valence-electron chi connectivity index (χ2n) is 7.32. The molecule has 1 aliphatic heterocycles. The molecular weight excluding hydrogens is 326 g/mol. The van der Waals surface area contributed by atoms with Gasteiger partial charge in [-0.2, -0.15) is 5.10 Å². The van der Waals surface area contributed by atoms with Crippen LogP contribution in [0.3, 0.4) is 0 Å². The standard InChI is InChI=1S/C21H29N3O2/c1-16-5-7-19(8-6-16)21(9-13-26-14-10-21)20(25)22-11-4-12-24-18(3)15-17(2)23-24/h5-8,15H,4,9-14H2,1-3H3,(H,22,25). The highest BCUT2D eigenvalue weighted by molar-refractivity contribution is 5.88. The lowest BCUT2D eigenvalue weighted by molar-refractivity contribution is -0.130. The summed E-state index contributed by atoms with van der Waals surface area (Å²) < 4.78 is 7.53. The Labute approximate surface area is 155 Å². The fourth-order valence-electron chi connectivity index (χ4n) is 3.74. The van der Waals surface area contributed by atoms with E-state index in [9.17, 15) is 4.79 Å². The largest absolute Gasteiger partial charge is 0.381 e. The van der Waals surface area contributed by atoms with Gasteiger partial charge in [0, 0.05) is 32.0 Å². The molecule has 1 saturated heterocycles. The van der Waals surface area contributed by atoms with Gasteiger partial charge in [-0.25, -0.2) is 0 Å². The van der Waals surface area contributed by atoms with Crippen molar-refractivity contribution in [1.29, 1.82) is 0 Å². The Bertz CT molecular complexity index is 743. The van der Waals surface area contributed by atoms with Crippen molar-refractivity contribution in [2.45, 2.75) is 52.0 Å². The molecule has 5 heteroatoms. The van der Waals surface area contributed by atoms with Crippen LogP contribution in [0.5, 0.6) is 0 Å². The summed E-state index contributed by atoms with van der Waals surface area (Å²) in [6.07, 6.45) is 2.34. The van der Waals surface area contributed by atoms with E-state index < -0.39 is 5.41 Å². The molecule has 1 N–H and O–H groups in total. The van der Waals surface area contributed by atoms with E-state index in [-0.39, 0.29) is 5.91 Å². The number of hydrogen-bond acceptors (Lipinski definition) is 3. The molecule has 1 aromatic carbocycles. The van der Waals surface area contributed by atoms with Crippen LogP contribution in [0, 0.1) is 20.8 Å². The Morgan fingerprint density at radius 1 is 1.19 bits per heavy atom. The SMILES string of the molecule is Cc1ccc(C2(C(=O)NCCCn3nc(C)cc3C)CCOCC2)cc1. The number of aryl methyl sites for hydroxylation is 4. The molecule has 3 rings (SSSR count). The Morgan fingerprint density at radius 3 is 2.50 bits per heavy atom. The maximum atomic E-state index is 13.1. The maximum Gasteiger partial charge on any atom is 0.230 e. The van der Waals surface area contributed by atoms with E-state index in [0.29, 0.717) is 19.8 Å². The molecule has 0 radical (unpaired) electrons. The van der Waals surface area contributed by atoms with E-state index in [1.165, 1.54) is 5.56 Å². The Hall–Kier alpha value is -2.14. The van der Waals surface area contributed by atoms with Gasteiger partial charge in [-0.15, -0.1) is 0 Å². The van der Waals surface area contributed by atoms with Gasteiger partial charge >= 0.3 is 0 Å². The fourth-order valence-corrected chi connectivity index (χ4v) is 3.74. The molecule has 0 atom stereocenters. The predicted octanol–water partition coefficient (Wildman–Crippen LogP) is 3.06. The highest BCUT2D eigenvalue weighted by Gasteiger charge is 2.41. The number of ether oxygens (including phenoxy) is 1. The first-order valence-electron chi connectivity index (χ1n) is 9.45. The van der Waals surface area contributed by atoms with Crippen LogP contribution in [-0.4, -0.2) is 35.4 Å². The van der Waals surface area contributed by atoms with Crippen molar-refractivity contribution in [1.82, 2.24) is 15.1 Å². The fraction of sp³-hybridized carbons (Fsp3) is 0.524. The van der Waals surface area contributed by atoms with Crippen LogP contribution in [0.4, 0.5) is 0 Å². The summed E-state index contributed by atoms with van der Waals surface area (Å²) in [6, 6.07) is 10.4. The second-order valence-corrected chi connectivity index (χ2v) is 7.32. The molecule has 0 aliphatic carbocycles. The molecule has 1 amide bonds. The van der Waals surface area contributed by atoms with Crippen molar-refractivity contribution in [3.63, 3.8) is 0 Å². The minimum Gasteiger partial charge on any atom is -0.381 e. The normalized spacial score (nSPS) is 16.4. The molecule has 1 aromatic heterocycles. The lowest BCUT2D eigenvalue weighted by Gasteiger charge is -2.36. The molecule has 1 aliphatic rings. The van der Waals surface area contributed by atoms with Crippen molar-refractivity contribution in [2.24, 2.45) is 0 Å². The summed E-state index contributed by atoms with van der Waals surface area (Å²) in [6.45, 7) is 8.88. The van der Waals surface area contributed by atoms with Crippen LogP contribution in [0.1, 0.15) is 41.8 Å². The summed E-state index contributed by atoms with van der Waals surface area (Å²) in [5.41, 5.74) is 4.04. The van der Waals surface area contributed by atoms with E-state index in [0.717, 1.165) is 42.8 Å².